The number of nitrogens with one attached hydrogen (secondary N) is 2. The molecule has 1 fully saturated rings. The van der Waals surface area contributed by atoms with Crippen molar-refractivity contribution in [3.8, 4) is 0 Å². The molecule has 3 rings (SSSR count). The number of anilines is 3. The van der Waals surface area contributed by atoms with Crippen molar-refractivity contribution in [3.05, 3.63) is 42.1 Å². The van der Waals surface area contributed by atoms with E-state index < -0.39 is 0 Å². The van der Waals surface area contributed by atoms with Gasteiger partial charge in [-0.3, -0.25) is 0 Å². The van der Waals surface area contributed by atoms with Gasteiger partial charge in [0.2, 0.25) is 5.95 Å². The van der Waals surface area contributed by atoms with Gasteiger partial charge in [0.05, 0.1) is 0 Å². The Morgan fingerprint density at radius 2 is 1.86 bits per heavy atom. The molecule has 0 bridgehead atoms. The molecule has 0 atom stereocenters. The number of aromatic nitrogens is 2. The van der Waals surface area contributed by atoms with E-state index in [0.29, 0.717) is 12.0 Å². The van der Waals surface area contributed by atoms with Crippen LogP contribution >= 0.6 is 0 Å². The van der Waals surface area contributed by atoms with E-state index in [9.17, 15) is 0 Å². The normalized spacial score (nSPS) is 15.7. The first-order chi connectivity index (χ1) is 10.3. The number of hydrogen-bond donors (Lipinski definition) is 2. The predicted octanol–water partition coefficient (Wildman–Crippen LogP) is 4.27. The Morgan fingerprint density at radius 1 is 1.05 bits per heavy atom. The minimum Gasteiger partial charge on any atom is -0.367 e. The SMILES string of the molecule is Cc1ccccc1Nc1nccc(NC2CCCCC2)n1. The number of nitrogens with zero attached hydrogens (tertiary/aromatic N) is 2. The van der Waals surface area contributed by atoms with Gasteiger partial charge in [-0.1, -0.05) is 37.5 Å². The van der Waals surface area contributed by atoms with Gasteiger partial charge in [0.15, 0.2) is 0 Å². The number of rotatable bonds is 4. The summed E-state index contributed by atoms with van der Waals surface area (Å²) in [5.74, 6) is 1.55. The molecule has 1 saturated carbocycles. The molecule has 4 heteroatoms. The highest BCUT2D eigenvalue weighted by Crippen LogP contribution is 2.22. The molecule has 1 aliphatic rings. The van der Waals surface area contributed by atoms with E-state index >= 15 is 0 Å². The van der Waals surface area contributed by atoms with E-state index in [2.05, 4.69) is 33.6 Å². The highest BCUT2D eigenvalue weighted by Gasteiger charge is 2.13. The Labute approximate surface area is 126 Å². The lowest BCUT2D eigenvalue weighted by molar-refractivity contribution is 0.462. The molecule has 4 nitrogen and oxygen atoms in total. The van der Waals surface area contributed by atoms with Crippen LogP contribution in [-0.4, -0.2) is 16.0 Å². The lowest BCUT2D eigenvalue weighted by atomic mass is 9.95. The minimum atomic E-state index is 0.556. The molecule has 2 N–H and O–H groups in total. The van der Waals surface area contributed by atoms with Crippen molar-refractivity contribution in [1.29, 1.82) is 0 Å². The van der Waals surface area contributed by atoms with Crippen LogP contribution in [0.5, 0.6) is 0 Å². The fourth-order valence-electron chi connectivity index (χ4n) is 2.79. The van der Waals surface area contributed by atoms with Crippen LogP contribution in [0.15, 0.2) is 36.5 Å². The van der Waals surface area contributed by atoms with Gasteiger partial charge in [-0.15, -0.1) is 0 Å². The van der Waals surface area contributed by atoms with Crippen LogP contribution in [0.1, 0.15) is 37.7 Å². The Morgan fingerprint density at radius 3 is 2.67 bits per heavy atom. The van der Waals surface area contributed by atoms with Gasteiger partial charge in [-0.05, 0) is 37.5 Å². The molecule has 0 aliphatic heterocycles. The second kappa shape index (κ2) is 6.57. The van der Waals surface area contributed by atoms with Crippen LogP contribution in [-0.2, 0) is 0 Å². The van der Waals surface area contributed by atoms with Gasteiger partial charge in [0.1, 0.15) is 5.82 Å². The fourth-order valence-corrected chi connectivity index (χ4v) is 2.79. The summed E-state index contributed by atoms with van der Waals surface area (Å²) < 4.78 is 0. The van der Waals surface area contributed by atoms with Crippen molar-refractivity contribution in [2.24, 2.45) is 0 Å². The highest BCUT2D eigenvalue weighted by molar-refractivity contribution is 5.58. The molecule has 0 radical (unpaired) electrons. The zero-order valence-corrected chi connectivity index (χ0v) is 12.5. The first-order valence-electron chi connectivity index (χ1n) is 7.73. The molecular formula is C17H22N4. The maximum absolute atomic E-state index is 4.57. The van der Waals surface area contributed by atoms with Gasteiger partial charge in [0, 0.05) is 17.9 Å². The summed E-state index contributed by atoms with van der Waals surface area (Å²) in [5.41, 5.74) is 2.24. The molecular weight excluding hydrogens is 260 g/mol. The molecule has 2 aromatic rings. The van der Waals surface area contributed by atoms with Crippen LogP contribution in [0.3, 0.4) is 0 Å². The summed E-state index contributed by atoms with van der Waals surface area (Å²) in [6.45, 7) is 2.08. The quantitative estimate of drug-likeness (QED) is 0.879. The highest BCUT2D eigenvalue weighted by atomic mass is 15.1. The lowest BCUT2D eigenvalue weighted by Gasteiger charge is -2.23. The van der Waals surface area contributed by atoms with Crippen LogP contribution < -0.4 is 10.6 Å². The van der Waals surface area contributed by atoms with Crippen LogP contribution in [0.2, 0.25) is 0 Å². The number of aryl methyl sites for hydroxylation is 1. The molecule has 0 spiro atoms. The topological polar surface area (TPSA) is 49.8 Å². The lowest BCUT2D eigenvalue weighted by Crippen LogP contribution is -2.22. The molecule has 0 unspecified atom stereocenters. The third-order valence-electron chi connectivity index (χ3n) is 4.00. The summed E-state index contributed by atoms with van der Waals surface area (Å²) in [4.78, 5) is 8.88. The van der Waals surface area contributed by atoms with Crippen molar-refractivity contribution in [3.63, 3.8) is 0 Å². The monoisotopic (exact) mass is 282 g/mol. The maximum Gasteiger partial charge on any atom is 0.229 e. The summed E-state index contributed by atoms with van der Waals surface area (Å²) in [6, 6.07) is 10.7. The average molecular weight is 282 g/mol. The third-order valence-corrected chi connectivity index (χ3v) is 4.00. The van der Waals surface area contributed by atoms with Gasteiger partial charge in [0.25, 0.3) is 0 Å². The van der Waals surface area contributed by atoms with E-state index in [1.807, 2.05) is 24.3 Å². The van der Waals surface area contributed by atoms with E-state index in [4.69, 9.17) is 0 Å². The summed E-state index contributed by atoms with van der Waals surface area (Å²) >= 11 is 0. The van der Waals surface area contributed by atoms with Crippen LogP contribution in [0, 0.1) is 6.92 Å². The Bertz CT molecular complexity index is 591. The largest absolute Gasteiger partial charge is 0.367 e. The molecule has 21 heavy (non-hydrogen) atoms. The van der Waals surface area contributed by atoms with Crippen molar-refractivity contribution in [1.82, 2.24) is 9.97 Å². The molecule has 1 heterocycles. The van der Waals surface area contributed by atoms with Crippen molar-refractivity contribution < 1.29 is 0 Å². The van der Waals surface area contributed by atoms with Gasteiger partial charge in [-0.25, -0.2) is 4.98 Å². The Balaban J connectivity index is 1.69. The van der Waals surface area contributed by atoms with Crippen LogP contribution in [0.25, 0.3) is 0 Å². The Kier molecular flexibility index (Phi) is 4.34. The van der Waals surface area contributed by atoms with Crippen molar-refractivity contribution in [2.45, 2.75) is 45.1 Å². The third kappa shape index (κ3) is 3.72. The zero-order valence-electron chi connectivity index (χ0n) is 12.5. The van der Waals surface area contributed by atoms with E-state index in [-0.39, 0.29) is 0 Å². The smallest absolute Gasteiger partial charge is 0.229 e. The van der Waals surface area contributed by atoms with Crippen molar-refractivity contribution >= 4 is 17.5 Å². The second-order valence-electron chi connectivity index (χ2n) is 5.68. The first kappa shape index (κ1) is 13.9. The number of benzene rings is 1. The predicted molar refractivity (Wildman–Crippen MR) is 87.0 cm³/mol. The summed E-state index contributed by atoms with van der Waals surface area (Å²) in [7, 11) is 0. The van der Waals surface area contributed by atoms with Crippen molar-refractivity contribution in [2.75, 3.05) is 10.6 Å². The minimum absolute atomic E-state index is 0.556. The second-order valence-corrected chi connectivity index (χ2v) is 5.68. The van der Waals surface area contributed by atoms with E-state index in [0.717, 1.165) is 11.5 Å². The van der Waals surface area contributed by atoms with E-state index in [1.165, 1.54) is 37.7 Å². The number of para-hydroxylation sites is 1. The maximum atomic E-state index is 4.57. The van der Waals surface area contributed by atoms with Crippen LogP contribution in [0.4, 0.5) is 17.5 Å². The molecule has 110 valence electrons. The number of hydrogen-bond acceptors (Lipinski definition) is 4. The standard InChI is InChI=1S/C17H22N4/c1-13-7-5-6-10-15(13)20-17-18-12-11-16(21-17)19-14-8-3-2-4-9-14/h5-7,10-12,14H,2-4,8-9H2,1H3,(H2,18,19,20,21). The molecule has 0 saturated heterocycles. The van der Waals surface area contributed by atoms with Gasteiger partial charge >= 0.3 is 0 Å². The van der Waals surface area contributed by atoms with E-state index in [1.54, 1.807) is 6.20 Å². The molecule has 1 aromatic heterocycles. The zero-order chi connectivity index (χ0) is 14.5. The molecule has 1 aliphatic carbocycles. The van der Waals surface area contributed by atoms with Gasteiger partial charge in [-0.2, -0.15) is 4.98 Å². The average Bonchev–Trinajstić information content (AvgIpc) is 2.51. The Hall–Kier alpha value is -2.10. The molecule has 1 aromatic carbocycles. The summed E-state index contributed by atoms with van der Waals surface area (Å²) in [6.07, 6.45) is 8.28. The van der Waals surface area contributed by atoms with Gasteiger partial charge < -0.3 is 10.6 Å². The first-order valence-corrected chi connectivity index (χ1v) is 7.73. The molecule has 0 amide bonds. The fraction of sp³-hybridized carbons (Fsp3) is 0.412. The summed E-state index contributed by atoms with van der Waals surface area (Å²) in [5, 5.41) is 6.82.